The zero-order valence-electron chi connectivity index (χ0n) is 12.6. The molecule has 3 nitrogen and oxygen atoms in total. The Hall–Kier alpha value is -1.09. The Morgan fingerprint density at radius 2 is 2.21 bits per heavy atom. The maximum absolute atomic E-state index is 5.07. The predicted molar refractivity (Wildman–Crippen MR) is 78.2 cm³/mol. The molecule has 1 N–H and O–H groups in total. The van der Waals surface area contributed by atoms with Crippen LogP contribution in [0.25, 0.3) is 0 Å². The molecule has 1 aromatic rings. The molecule has 1 fully saturated rings. The molecule has 1 saturated carbocycles. The summed E-state index contributed by atoms with van der Waals surface area (Å²) in [6, 6.07) is 4.64. The van der Waals surface area contributed by atoms with Gasteiger partial charge in [0.1, 0.15) is 0 Å². The number of rotatable bonds is 4. The molecule has 1 aliphatic carbocycles. The van der Waals surface area contributed by atoms with Crippen molar-refractivity contribution in [3.63, 3.8) is 0 Å². The molecule has 106 valence electrons. The van der Waals surface area contributed by atoms with Gasteiger partial charge in [-0.15, -0.1) is 0 Å². The van der Waals surface area contributed by atoms with Crippen molar-refractivity contribution in [2.24, 2.45) is 11.3 Å². The Kier molecular flexibility index (Phi) is 4.46. The smallest absolute Gasteiger partial charge is 0.212 e. The third-order valence-corrected chi connectivity index (χ3v) is 4.27. The van der Waals surface area contributed by atoms with E-state index in [2.05, 4.69) is 37.1 Å². The minimum absolute atomic E-state index is 0.513. The fourth-order valence-corrected chi connectivity index (χ4v) is 3.14. The lowest BCUT2D eigenvalue weighted by atomic mass is 9.70. The monoisotopic (exact) mass is 262 g/mol. The summed E-state index contributed by atoms with van der Waals surface area (Å²) in [5.74, 6) is 1.42. The van der Waals surface area contributed by atoms with Crippen LogP contribution in [0.1, 0.15) is 45.6 Å². The van der Waals surface area contributed by atoms with Gasteiger partial charge < -0.3 is 10.1 Å². The van der Waals surface area contributed by atoms with E-state index in [0.29, 0.717) is 17.3 Å². The summed E-state index contributed by atoms with van der Waals surface area (Å²) in [4.78, 5) is 4.24. The molecule has 0 aliphatic heterocycles. The normalized spacial score (nSPS) is 26.1. The van der Waals surface area contributed by atoms with Gasteiger partial charge in [-0.25, -0.2) is 4.98 Å². The topological polar surface area (TPSA) is 34.1 Å². The summed E-state index contributed by atoms with van der Waals surface area (Å²) in [6.07, 6.45) is 5.79. The van der Waals surface area contributed by atoms with Gasteiger partial charge in [0.25, 0.3) is 0 Å². The van der Waals surface area contributed by atoms with E-state index < -0.39 is 0 Å². The van der Waals surface area contributed by atoms with Crippen LogP contribution in [0.2, 0.25) is 0 Å². The van der Waals surface area contributed by atoms with Crippen LogP contribution >= 0.6 is 0 Å². The van der Waals surface area contributed by atoms with Crippen LogP contribution in [0.4, 0.5) is 0 Å². The minimum atomic E-state index is 0.513. The second-order valence-corrected chi connectivity index (χ2v) is 6.58. The largest absolute Gasteiger partial charge is 0.481 e. The van der Waals surface area contributed by atoms with Gasteiger partial charge in [-0.1, -0.05) is 26.8 Å². The molecular weight excluding hydrogens is 236 g/mol. The molecule has 3 heteroatoms. The first kappa shape index (κ1) is 14.3. The highest BCUT2D eigenvalue weighted by Crippen LogP contribution is 2.38. The average Bonchev–Trinajstić information content (AvgIpc) is 2.37. The lowest BCUT2D eigenvalue weighted by Crippen LogP contribution is -2.41. The molecular formula is C16H26N2O. The molecule has 1 aliphatic rings. The van der Waals surface area contributed by atoms with E-state index in [1.807, 2.05) is 12.3 Å². The predicted octanol–water partition coefficient (Wildman–Crippen LogP) is 3.39. The van der Waals surface area contributed by atoms with Crippen molar-refractivity contribution in [3.05, 3.63) is 23.9 Å². The van der Waals surface area contributed by atoms with Gasteiger partial charge in [-0.3, -0.25) is 0 Å². The average molecular weight is 262 g/mol. The summed E-state index contributed by atoms with van der Waals surface area (Å²) in [5.41, 5.74) is 1.73. The molecule has 0 saturated heterocycles. The summed E-state index contributed by atoms with van der Waals surface area (Å²) >= 11 is 0. The van der Waals surface area contributed by atoms with Crippen LogP contribution in [0.5, 0.6) is 5.88 Å². The van der Waals surface area contributed by atoms with E-state index in [4.69, 9.17) is 4.74 Å². The van der Waals surface area contributed by atoms with Gasteiger partial charge in [0, 0.05) is 24.8 Å². The molecule has 2 rings (SSSR count). The Labute approximate surface area is 116 Å². The molecule has 19 heavy (non-hydrogen) atoms. The zero-order chi connectivity index (χ0) is 13.9. The van der Waals surface area contributed by atoms with Crippen LogP contribution in [-0.2, 0) is 6.54 Å². The Morgan fingerprint density at radius 3 is 2.79 bits per heavy atom. The number of aromatic nitrogens is 1. The van der Waals surface area contributed by atoms with E-state index in [-0.39, 0.29) is 0 Å². The number of nitrogens with one attached hydrogen (secondary N) is 1. The van der Waals surface area contributed by atoms with Gasteiger partial charge in [0.2, 0.25) is 5.88 Å². The lowest BCUT2D eigenvalue weighted by Gasteiger charge is -2.39. The molecule has 1 heterocycles. The van der Waals surface area contributed by atoms with E-state index >= 15 is 0 Å². The van der Waals surface area contributed by atoms with Crippen molar-refractivity contribution in [1.29, 1.82) is 0 Å². The molecule has 0 aromatic carbocycles. The summed E-state index contributed by atoms with van der Waals surface area (Å²) < 4.78 is 5.07. The van der Waals surface area contributed by atoms with Gasteiger partial charge in [0.05, 0.1) is 7.11 Å². The second kappa shape index (κ2) is 5.91. The molecule has 0 bridgehead atoms. The molecule has 0 radical (unpaired) electrons. The van der Waals surface area contributed by atoms with E-state index in [9.17, 15) is 0 Å². The number of methoxy groups -OCH3 is 1. The van der Waals surface area contributed by atoms with Crippen molar-refractivity contribution >= 4 is 0 Å². The fraction of sp³-hybridized carbons (Fsp3) is 0.688. The number of ether oxygens (including phenoxy) is 1. The first-order chi connectivity index (χ1) is 9.00. The summed E-state index contributed by atoms with van der Waals surface area (Å²) in [6.45, 7) is 8.03. The van der Waals surface area contributed by atoms with Crippen molar-refractivity contribution in [1.82, 2.24) is 10.3 Å². The number of nitrogens with zero attached hydrogens (tertiary/aromatic N) is 1. The van der Waals surface area contributed by atoms with Crippen LogP contribution in [0, 0.1) is 11.3 Å². The number of hydrogen-bond donors (Lipinski definition) is 1. The van der Waals surface area contributed by atoms with E-state index in [1.165, 1.54) is 24.8 Å². The first-order valence-corrected chi connectivity index (χ1v) is 7.22. The highest BCUT2D eigenvalue weighted by molar-refractivity contribution is 5.17. The molecule has 1 aromatic heterocycles. The Morgan fingerprint density at radius 1 is 1.42 bits per heavy atom. The van der Waals surface area contributed by atoms with Crippen molar-refractivity contribution in [2.45, 2.75) is 52.6 Å². The van der Waals surface area contributed by atoms with Gasteiger partial charge in [0.15, 0.2) is 0 Å². The number of pyridine rings is 1. The first-order valence-electron chi connectivity index (χ1n) is 7.22. The molecule has 2 atom stereocenters. The third-order valence-electron chi connectivity index (χ3n) is 4.27. The fourth-order valence-electron chi connectivity index (χ4n) is 3.14. The van der Waals surface area contributed by atoms with Crippen molar-refractivity contribution < 1.29 is 4.74 Å². The highest BCUT2D eigenvalue weighted by Gasteiger charge is 2.31. The van der Waals surface area contributed by atoms with Crippen LogP contribution < -0.4 is 10.1 Å². The molecule has 0 amide bonds. The van der Waals surface area contributed by atoms with Crippen LogP contribution in [0.3, 0.4) is 0 Å². The van der Waals surface area contributed by atoms with Crippen molar-refractivity contribution in [2.75, 3.05) is 7.11 Å². The standard InChI is InChI=1S/C16H26N2O/c1-12-9-16(2,3)8-7-14(12)17-10-13-5-6-15(19-4)18-11-13/h5-6,11-12,14,17H,7-10H2,1-4H3. The van der Waals surface area contributed by atoms with Crippen molar-refractivity contribution in [3.8, 4) is 5.88 Å². The van der Waals surface area contributed by atoms with Gasteiger partial charge in [-0.05, 0) is 36.2 Å². The summed E-state index contributed by atoms with van der Waals surface area (Å²) in [7, 11) is 1.64. The summed E-state index contributed by atoms with van der Waals surface area (Å²) in [5, 5.41) is 3.68. The third kappa shape index (κ3) is 3.93. The number of hydrogen-bond acceptors (Lipinski definition) is 3. The van der Waals surface area contributed by atoms with Crippen LogP contribution in [-0.4, -0.2) is 18.1 Å². The molecule has 0 spiro atoms. The second-order valence-electron chi connectivity index (χ2n) is 6.58. The lowest BCUT2D eigenvalue weighted by molar-refractivity contribution is 0.148. The van der Waals surface area contributed by atoms with Crippen LogP contribution in [0.15, 0.2) is 18.3 Å². The Balaban J connectivity index is 1.85. The SMILES string of the molecule is COc1ccc(CNC2CCC(C)(C)CC2C)cn1. The zero-order valence-corrected chi connectivity index (χ0v) is 12.6. The van der Waals surface area contributed by atoms with Gasteiger partial charge in [-0.2, -0.15) is 0 Å². The van der Waals surface area contributed by atoms with Gasteiger partial charge >= 0.3 is 0 Å². The van der Waals surface area contributed by atoms with E-state index in [1.54, 1.807) is 7.11 Å². The maximum atomic E-state index is 5.07. The minimum Gasteiger partial charge on any atom is -0.481 e. The maximum Gasteiger partial charge on any atom is 0.212 e. The Bertz CT molecular complexity index is 400. The quantitative estimate of drug-likeness (QED) is 0.903. The highest BCUT2D eigenvalue weighted by atomic mass is 16.5. The molecule has 2 unspecified atom stereocenters. The van der Waals surface area contributed by atoms with E-state index in [0.717, 1.165) is 12.5 Å².